The highest BCUT2D eigenvalue weighted by Gasteiger charge is 2.40. The molecule has 0 unspecified atom stereocenters. The molecule has 1 aliphatic heterocycles. The van der Waals surface area contributed by atoms with Crippen molar-refractivity contribution in [3.05, 3.63) is 0 Å². The van der Waals surface area contributed by atoms with Crippen LogP contribution in [0.5, 0.6) is 0 Å². The molecule has 1 heterocycles. The van der Waals surface area contributed by atoms with Crippen molar-refractivity contribution in [1.29, 1.82) is 0 Å². The molecule has 0 aromatic rings. The number of nitrogens with one attached hydrogen (secondary N) is 1. The molecule has 4 nitrogen and oxygen atoms in total. The first-order valence-corrected chi connectivity index (χ1v) is 7.38. The van der Waals surface area contributed by atoms with Crippen LogP contribution in [-0.2, 0) is 10.0 Å². The summed E-state index contributed by atoms with van der Waals surface area (Å²) in [6, 6.07) is 0.315. The molecule has 0 bridgehead atoms. The minimum absolute atomic E-state index is 0.140. The molecule has 2 rings (SSSR count). The molecule has 0 aromatic carbocycles. The highest BCUT2D eigenvalue weighted by molar-refractivity contribution is 7.89. The van der Waals surface area contributed by atoms with Gasteiger partial charge < -0.3 is 5.32 Å². The van der Waals surface area contributed by atoms with Gasteiger partial charge in [-0.15, -0.1) is 0 Å². The highest BCUT2D eigenvalue weighted by Crippen LogP contribution is 2.31. The number of sulfonamides is 1. The van der Waals surface area contributed by atoms with Crippen molar-refractivity contribution < 1.29 is 8.42 Å². The molecule has 2 fully saturated rings. The van der Waals surface area contributed by atoms with Crippen LogP contribution in [0.25, 0.3) is 0 Å². The maximum absolute atomic E-state index is 12.3. The second-order valence-corrected chi connectivity index (χ2v) is 6.59. The second kappa shape index (κ2) is 4.39. The maximum atomic E-state index is 12.3. The molecule has 1 aliphatic carbocycles. The average molecular weight is 232 g/mol. The van der Waals surface area contributed by atoms with E-state index in [1.165, 1.54) is 0 Å². The summed E-state index contributed by atoms with van der Waals surface area (Å²) in [6.07, 6.45) is 3.65. The summed E-state index contributed by atoms with van der Waals surface area (Å²) in [4.78, 5) is 0. The fraction of sp³-hybridized carbons (Fsp3) is 1.00. The van der Waals surface area contributed by atoms with Crippen LogP contribution in [0.2, 0.25) is 0 Å². The first-order chi connectivity index (χ1) is 7.16. The van der Waals surface area contributed by atoms with Gasteiger partial charge >= 0.3 is 0 Å². The molecule has 1 N–H and O–H groups in total. The molecule has 88 valence electrons. The van der Waals surface area contributed by atoms with E-state index in [-0.39, 0.29) is 5.25 Å². The third-order valence-electron chi connectivity index (χ3n) is 3.30. The third kappa shape index (κ3) is 2.34. The van der Waals surface area contributed by atoms with Gasteiger partial charge in [-0.2, -0.15) is 4.31 Å². The Morgan fingerprint density at radius 3 is 2.27 bits per heavy atom. The lowest BCUT2D eigenvalue weighted by molar-refractivity contribution is 0.396. The van der Waals surface area contributed by atoms with E-state index in [4.69, 9.17) is 0 Å². The highest BCUT2D eigenvalue weighted by atomic mass is 32.2. The quantitative estimate of drug-likeness (QED) is 0.770. The Labute approximate surface area is 92.1 Å². The zero-order valence-corrected chi connectivity index (χ0v) is 10.1. The summed E-state index contributed by atoms with van der Waals surface area (Å²) in [5.74, 6) is 0. The molecule has 15 heavy (non-hydrogen) atoms. The Hall–Kier alpha value is -0.130. The van der Waals surface area contributed by atoms with Gasteiger partial charge in [0, 0.05) is 12.6 Å². The molecule has 0 atom stereocenters. The van der Waals surface area contributed by atoms with Gasteiger partial charge in [-0.3, -0.25) is 0 Å². The van der Waals surface area contributed by atoms with E-state index in [0.717, 1.165) is 38.8 Å². The number of nitrogens with zero attached hydrogens (tertiary/aromatic N) is 1. The van der Waals surface area contributed by atoms with Crippen LogP contribution >= 0.6 is 0 Å². The fourth-order valence-electron chi connectivity index (χ4n) is 2.29. The summed E-state index contributed by atoms with van der Waals surface area (Å²) < 4.78 is 26.3. The molecule has 0 radical (unpaired) electrons. The smallest absolute Gasteiger partial charge is 0.217 e. The lowest BCUT2D eigenvalue weighted by Gasteiger charge is -2.29. The van der Waals surface area contributed by atoms with E-state index in [9.17, 15) is 8.42 Å². The average Bonchev–Trinajstić information content (AvgIpc) is 3.04. The van der Waals surface area contributed by atoms with Gasteiger partial charge in [0.1, 0.15) is 0 Å². The van der Waals surface area contributed by atoms with Gasteiger partial charge in [-0.25, -0.2) is 8.42 Å². The van der Waals surface area contributed by atoms with Gasteiger partial charge in [-0.1, -0.05) is 6.92 Å². The van der Waals surface area contributed by atoms with Crippen LogP contribution in [-0.4, -0.2) is 43.6 Å². The summed E-state index contributed by atoms with van der Waals surface area (Å²) in [6.45, 7) is 4.26. The van der Waals surface area contributed by atoms with E-state index < -0.39 is 10.0 Å². The number of rotatable bonds is 4. The molecular weight excluding hydrogens is 212 g/mol. The largest absolute Gasteiger partial charge is 0.317 e. The molecule has 2 aliphatic rings. The lowest BCUT2D eigenvalue weighted by atomic mass is 10.2. The van der Waals surface area contributed by atoms with Crippen molar-refractivity contribution in [3.63, 3.8) is 0 Å². The Kier molecular flexibility index (Phi) is 3.33. The van der Waals surface area contributed by atoms with Gasteiger partial charge in [0.25, 0.3) is 0 Å². The van der Waals surface area contributed by atoms with Crippen molar-refractivity contribution in [2.24, 2.45) is 0 Å². The van der Waals surface area contributed by atoms with E-state index >= 15 is 0 Å². The predicted molar refractivity (Wildman–Crippen MR) is 60.2 cm³/mol. The van der Waals surface area contributed by atoms with Crippen LogP contribution in [0, 0.1) is 0 Å². The second-order valence-electron chi connectivity index (χ2n) is 4.43. The number of hydrogen-bond donors (Lipinski definition) is 1. The molecule has 1 saturated heterocycles. The summed E-state index contributed by atoms with van der Waals surface area (Å²) in [5.41, 5.74) is 0. The van der Waals surface area contributed by atoms with E-state index in [0.29, 0.717) is 12.6 Å². The monoisotopic (exact) mass is 232 g/mol. The normalized spacial score (nSPS) is 24.7. The van der Waals surface area contributed by atoms with Gasteiger partial charge in [0.05, 0.1) is 5.25 Å². The first-order valence-electron chi connectivity index (χ1n) is 5.87. The molecule has 0 aromatic heterocycles. The van der Waals surface area contributed by atoms with Crippen LogP contribution in [0.3, 0.4) is 0 Å². The van der Waals surface area contributed by atoms with Crippen molar-refractivity contribution in [3.8, 4) is 0 Å². The van der Waals surface area contributed by atoms with Crippen LogP contribution in [0.15, 0.2) is 0 Å². The van der Waals surface area contributed by atoms with Crippen molar-refractivity contribution in [1.82, 2.24) is 9.62 Å². The zero-order valence-electron chi connectivity index (χ0n) is 9.28. The summed E-state index contributed by atoms with van der Waals surface area (Å²) in [5, 5.41) is 3.07. The molecule has 1 saturated carbocycles. The summed E-state index contributed by atoms with van der Waals surface area (Å²) >= 11 is 0. The van der Waals surface area contributed by atoms with Crippen LogP contribution in [0.4, 0.5) is 0 Å². The Morgan fingerprint density at radius 2 is 1.80 bits per heavy atom. The molecule has 0 amide bonds. The SMILES string of the molecule is CCN(C1CC1)S(=O)(=O)C1CCNCC1. The Bertz CT molecular complexity index is 305. The molecule has 0 spiro atoms. The van der Waals surface area contributed by atoms with Crippen molar-refractivity contribution in [2.75, 3.05) is 19.6 Å². The van der Waals surface area contributed by atoms with E-state index in [1.54, 1.807) is 4.31 Å². The van der Waals surface area contributed by atoms with Crippen LogP contribution < -0.4 is 5.32 Å². The fourth-order valence-corrected chi connectivity index (χ4v) is 4.49. The van der Waals surface area contributed by atoms with Crippen molar-refractivity contribution >= 4 is 10.0 Å². The van der Waals surface area contributed by atoms with E-state index in [1.807, 2.05) is 6.92 Å². The number of piperidine rings is 1. The lowest BCUT2D eigenvalue weighted by Crippen LogP contribution is -2.44. The standard InChI is InChI=1S/C10H20N2O2S/c1-2-12(9-3-4-9)15(13,14)10-5-7-11-8-6-10/h9-11H,2-8H2,1H3. The zero-order chi connectivity index (χ0) is 10.9. The third-order valence-corrected chi connectivity index (χ3v) is 5.82. The van der Waals surface area contributed by atoms with Crippen molar-refractivity contribution in [2.45, 2.75) is 43.9 Å². The van der Waals surface area contributed by atoms with Gasteiger partial charge in [-0.05, 0) is 38.8 Å². The number of hydrogen-bond acceptors (Lipinski definition) is 3. The molecular formula is C10H20N2O2S. The molecule has 5 heteroatoms. The predicted octanol–water partition coefficient (Wildman–Crippen LogP) is 0.552. The first kappa shape index (κ1) is 11.4. The van der Waals surface area contributed by atoms with Gasteiger partial charge in [0.15, 0.2) is 0 Å². The Morgan fingerprint density at radius 1 is 1.20 bits per heavy atom. The van der Waals surface area contributed by atoms with Crippen LogP contribution in [0.1, 0.15) is 32.6 Å². The minimum Gasteiger partial charge on any atom is -0.317 e. The topological polar surface area (TPSA) is 49.4 Å². The minimum atomic E-state index is -3.02. The van der Waals surface area contributed by atoms with E-state index in [2.05, 4.69) is 5.32 Å². The van der Waals surface area contributed by atoms with Gasteiger partial charge in [0.2, 0.25) is 10.0 Å². The summed E-state index contributed by atoms with van der Waals surface area (Å²) in [7, 11) is -3.02. The maximum Gasteiger partial charge on any atom is 0.217 e. The Balaban J connectivity index is 2.08.